The van der Waals surface area contributed by atoms with E-state index in [1.165, 1.54) is 37.1 Å². The molecule has 0 saturated heterocycles. The van der Waals surface area contributed by atoms with Crippen molar-refractivity contribution in [2.24, 2.45) is 0 Å². The minimum Gasteiger partial charge on any atom is -0.508 e. The number of hydrogen-bond donors (Lipinski definition) is 3. The molecule has 0 amide bonds. The van der Waals surface area contributed by atoms with Gasteiger partial charge in [-0.25, -0.2) is 4.79 Å². The lowest BCUT2D eigenvalue weighted by molar-refractivity contribution is 0.0224. The molecule has 0 fully saturated rings. The highest BCUT2D eigenvalue weighted by Crippen LogP contribution is 2.56. The minimum absolute atomic E-state index is 0. The molecule has 0 unspecified atom stereocenters. The zero-order valence-corrected chi connectivity index (χ0v) is 17.0. The van der Waals surface area contributed by atoms with Crippen LogP contribution in [0.5, 0.6) is 23.0 Å². The maximum Gasteiger partial charge on any atom is 0.340 e. The molecule has 2 aliphatic rings. The maximum absolute atomic E-state index is 12.5. The van der Waals surface area contributed by atoms with E-state index in [-0.39, 0.29) is 17.6 Å². The van der Waals surface area contributed by atoms with Gasteiger partial charge in [-0.3, -0.25) is 0 Å². The number of phenolic OH excluding ortho intramolecular Hbond substituents is 2. The third-order valence-electron chi connectivity index (χ3n) is 5.18. The molecule has 156 valence electrons. The third-order valence-corrected chi connectivity index (χ3v) is 5.18. The van der Waals surface area contributed by atoms with E-state index in [4.69, 9.17) is 9.47 Å². The van der Waals surface area contributed by atoms with Gasteiger partial charge in [0, 0.05) is 28.8 Å². The Morgan fingerprint density at radius 2 is 1.33 bits per heavy atom. The van der Waals surface area contributed by atoms with Crippen LogP contribution in [-0.2, 0) is 10.3 Å². The average molecular weight is 407 g/mol. The van der Waals surface area contributed by atoms with E-state index in [2.05, 4.69) is 13.8 Å². The fourth-order valence-corrected chi connectivity index (χ4v) is 3.65. The van der Waals surface area contributed by atoms with Crippen LogP contribution in [0.4, 0.5) is 0 Å². The van der Waals surface area contributed by atoms with E-state index in [9.17, 15) is 15.0 Å². The van der Waals surface area contributed by atoms with Gasteiger partial charge in [-0.2, -0.15) is 0 Å². The van der Waals surface area contributed by atoms with Crippen molar-refractivity contribution in [3.05, 3.63) is 82.9 Å². The van der Waals surface area contributed by atoms with Gasteiger partial charge in [0.2, 0.25) is 0 Å². The Morgan fingerprint density at radius 3 is 1.87 bits per heavy atom. The second-order valence-electron chi connectivity index (χ2n) is 7.08. The summed E-state index contributed by atoms with van der Waals surface area (Å²) in [5.41, 5.74) is 1.28. The fourth-order valence-electron chi connectivity index (χ4n) is 3.65. The van der Waals surface area contributed by atoms with Crippen LogP contribution >= 0.6 is 0 Å². The first kappa shape index (κ1) is 21.2. The average Bonchev–Trinajstić information content (AvgIpc) is 3.01. The first-order valence-corrected chi connectivity index (χ1v) is 9.69. The molecular formula is C24H25NO5. The Labute approximate surface area is 175 Å². The molecule has 5 N–H and O–H groups in total. The molecule has 0 atom stereocenters. The van der Waals surface area contributed by atoms with Crippen LogP contribution in [0.2, 0.25) is 0 Å². The molecule has 0 bridgehead atoms. The van der Waals surface area contributed by atoms with E-state index in [0.29, 0.717) is 33.8 Å². The predicted molar refractivity (Wildman–Crippen MR) is 114 cm³/mol. The lowest BCUT2D eigenvalue weighted by Gasteiger charge is -2.36. The van der Waals surface area contributed by atoms with Gasteiger partial charge in [0.25, 0.3) is 0 Å². The molecule has 0 saturated carbocycles. The Kier molecular flexibility index (Phi) is 5.71. The SMILES string of the molecule is CCCC.N.O=C1OC2(c3ccc(O)cc3Oc3cc(O)ccc32)c2ccccc21. The van der Waals surface area contributed by atoms with E-state index in [1.807, 2.05) is 12.1 Å². The molecule has 0 aliphatic carbocycles. The molecule has 6 heteroatoms. The number of unbranched alkanes of at least 4 members (excludes halogenated alkanes) is 1. The number of aromatic hydroxyl groups is 2. The van der Waals surface area contributed by atoms with Crippen LogP contribution in [0, 0.1) is 0 Å². The highest BCUT2D eigenvalue weighted by Gasteiger charge is 2.53. The van der Waals surface area contributed by atoms with Gasteiger partial charge >= 0.3 is 5.97 Å². The molecule has 3 aromatic rings. The summed E-state index contributed by atoms with van der Waals surface area (Å²) in [6, 6.07) is 16.6. The number of esters is 1. The molecule has 3 aromatic carbocycles. The van der Waals surface area contributed by atoms with Gasteiger partial charge in [-0.05, 0) is 30.3 Å². The summed E-state index contributed by atoms with van der Waals surface area (Å²) in [7, 11) is 0. The lowest BCUT2D eigenvalue weighted by atomic mass is 9.77. The van der Waals surface area contributed by atoms with Crippen molar-refractivity contribution in [3.8, 4) is 23.0 Å². The topological polar surface area (TPSA) is 111 Å². The highest BCUT2D eigenvalue weighted by atomic mass is 16.6. The van der Waals surface area contributed by atoms with Gasteiger partial charge in [-0.1, -0.05) is 44.9 Å². The van der Waals surface area contributed by atoms with Crippen LogP contribution in [0.25, 0.3) is 0 Å². The van der Waals surface area contributed by atoms with Gasteiger partial charge in [0.15, 0.2) is 5.60 Å². The van der Waals surface area contributed by atoms with Crippen LogP contribution < -0.4 is 10.9 Å². The molecular weight excluding hydrogens is 382 g/mol. The number of fused-ring (bicyclic) bond motifs is 6. The first-order chi connectivity index (χ1) is 14.0. The van der Waals surface area contributed by atoms with Gasteiger partial charge in [-0.15, -0.1) is 0 Å². The van der Waals surface area contributed by atoms with Crippen molar-refractivity contribution in [1.29, 1.82) is 0 Å². The summed E-state index contributed by atoms with van der Waals surface area (Å²) in [4.78, 5) is 12.5. The number of phenols is 2. The van der Waals surface area contributed by atoms with E-state index in [0.717, 1.165) is 0 Å². The number of carbonyl (C=O) groups is 1. The minimum atomic E-state index is -1.17. The molecule has 2 heterocycles. The predicted octanol–water partition coefficient (Wildman–Crippen LogP) is 5.63. The molecule has 0 radical (unpaired) electrons. The molecule has 30 heavy (non-hydrogen) atoms. The lowest BCUT2D eigenvalue weighted by Crippen LogP contribution is -2.32. The zero-order chi connectivity index (χ0) is 20.6. The second-order valence-corrected chi connectivity index (χ2v) is 7.08. The fraction of sp³-hybridized carbons (Fsp3) is 0.208. The number of rotatable bonds is 1. The van der Waals surface area contributed by atoms with Crippen molar-refractivity contribution < 1.29 is 24.5 Å². The monoisotopic (exact) mass is 407 g/mol. The maximum atomic E-state index is 12.5. The van der Waals surface area contributed by atoms with E-state index in [1.54, 1.807) is 24.3 Å². The second kappa shape index (κ2) is 8.08. The highest BCUT2D eigenvalue weighted by molar-refractivity contribution is 5.97. The van der Waals surface area contributed by atoms with E-state index >= 15 is 0 Å². The zero-order valence-electron chi connectivity index (χ0n) is 17.0. The summed E-state index contributed by atoms with van der Waals surface area (Å²) < 4.78 is 11.8. The summed E-state index contributed by atoms with van der Waals surface area (Å²) in [6.07, 6.45) is 2.64. The largest absolute Gasteiger partial charge is 0.508 e. The number of benzene rings is 3. The van der Waals surface area contributed by atoms with Crippen molar-refractivity contribution in [2.45, 2.75) is 32.3 Å². The standard InChI is InChI=1S/C20H12O5.C4H10.H3N/c21-11-5-7-15-17(9-11)24-18-10-12(22)6-8-16(18)20(15)14-4-2-1-3-13(14)19(23)25-20;1-3-4-2;/h1-10,21-22H;3-4H2,1-2H3;1H3. The summed E-state index contributed by atoms with van der Waals surface area (Å²) in [5.74, 6) is 0.408. The van der Waals surface area contributed by atoms with Gasteiger partial charge < -0.3 is 25.8 Å². The normalized spacial score (nSPS) is 14.1. The Morgan fingerprint density at radius 1 is 0.800 bits per heavy atom. The summed E-state index contributed by atoms with van der Waals surface area (Å²) in [6.45, 7) is 4.36. The summed E-state index contributed by atoms with van der Waals surface area (Å²) >= 11 is 0. The van der Waals surface area contributed by atoms with Crippen LogP contribution in [0.3, 0.4) is 0 Å². The van der Waals surface area contributed by atoms with Crippen LogP contribution in [0.15, 0.2) is 60.7 Å². The Balaban J connectivity index is 0.000000473. The first-order valence-electron chi connectivity index (χ1n) is 9.69. The van der Waals surface area contributed by atoms with Crippen LogP contribution in [0.1, 0.15) is 53.7 Å². The van der Waals surface area contributed by atoms with Gasteiger partial charge in [0.05, 0.1) is 5.56 Å². The van der Waals surface area contributed by atoms with Crippen molar-refractivity contribution >= 4 is 5.97 Å². The number of hydrogen-bond acceptors (Lipinski definition) is 6. The Bertz CT molecular complexity index is 1040. The van der Waals surface area contributed by atoms with Crippen LogP contribution in [-0.4, -0.2) is 16.2 Å². The van der Waals surface area contributed by atoms with Crippen molar-refractivity contribution in [2.75, 3.05) is 0 Å². The number of ether oxygens (including phenoxy) is 2. The molecule has 5 rings (SSSR count). The van der Waals surface area contributed by atoms with E-state index < -0.39 is 11.6 Å². The van der Waals surface area contributed by atoms with Crippen molar-refractivity contribution in [1.82, 2.24) is 6.15 Å². The molecule has 1 spiro atoms. The smallest absolute Gasteiger partial charge is 0.340 e. The molecule has 0 aromatic heterocycles. The summed E-state index contributed by atoms with van der Waals surface area (Å²) in [5, 5.41) is 19.7. The molecule has 6 nitrogen and oxygen atoms in total. The third kappa shape index (κ3) is 3.15. The van der Waals surface area contributed by atoms with Crippen molar-refractivity contribution in [3.63, 3.8) is 0 Å². The quantitative estimate of drug-likeness (QED) is 0.451. The van der Waals surface area contributed by atoms with Gasteiger partial charge in [0.1, 0.15) is 23.0 Å². The number of carbonyl (C=O) groups excluding carboxylic acids is 1. The Hall–Kier alpha value is -3.51. The molecule has 2 aliphatic heterocycles.